The molecule has 11 heteroatoms. The molecule has 0 bridgehead atoms. The van der Waals surface area contributed by atoms with E-state index < -0.39 is 11.4 Å². The van der Waals surface area contributed by atoms with Gasteiger partial charge in [0.1, 0.15) is 11.4 Å². The van der Waals surface area contributed by atoms with Crippen molar-refractivity contribution >= 4 is 35.0 Å². The lowest BCUT2D eigenvalue weighted by Crippen LogP contribution is -2.50. The van der Waals surface area contributed by atoms with E-state index in [1.807, 2.05) is 33.8 Å². The fourth-order valence-electron chi connectivity index (χ4n) is 4.83. The van der Waals surface area contributed by atoms with E-state index in [-0.39, 0.29) is 17.8 Å². The molecule has 0 radical (unpaired) electrons. The van der Waals surface area contributed by atoms with E-state index in [9.17, 15) is 14.0 Å². The highest BCUT2D eigenvalue weighted by Crippen LogP contribution is 2.36. The molecule has 5 rings (SSSR count). The Kier molecular flexibility index (Phi) is 6.17. The summed E-state index contributed by atoms with van der Waals surface area (Å²) in [6.45, 7) is 12.2. The van der Waals surface area contributed by atoms with Crippen molar-refractivity contribution in [3.05, 3.63) is 47.3 Å². The zero-order valence-electron chi connectivity index (χ0n) is 21.8. The number of anilines is 3. The third-order valence-corrected chi connectivity index (χ3v) is 6.44. The molecule has 1 N–H and O–H groups in total. The van der Waals surface area contributed by atoms with Crippen LogP contribution >= 0.6 is 0 Å². The average Bonchev–Trinajstić information content (AvgIpc) is 3.40. The average molecular weight is 510 g/mol. The number of fused-ring (bicyclic) bond motifs is 2. The molecule has 2 aliphatic heterocycles. The normalized spacial score (nSPS) is 15.8. The van der Waals surface area contributed by atoms with Crippen molar-refractivity contribution in [2.24, 2.45) is 0 Å². The molecule has 0 aliphatic carbocycles. The first-order valence-electron chi connectivity index (χ1n) is 12.5. The summed E-state index contributed by atoms with van der Waals surface area (Å²) in [6.07, 6.45) is 3.71. The highest BCUT2D eigenvalue weighted by atomic mass is 19.1. The van der Waals surface area contributed by atoms with Crippen LogP contribution in [0.4, 0.5) is 31.2 Å². The Hall–Kier alpha value is -3.89. The van der Waals surface area contributed by atoms with Gasteiger partial charge in [0.2, 0.25) is 0 Å². The molecule has 0 spiro atoms. The summed E-state index contributed by atoms with van der Waals surface area (Å²) in [4.78, 5) is 40.1. The minimum atomic E-state index is -0.531. The van der Waals surface area contributed by atoms with Crippen molar-refractivity contribution in [3.63, 3.8) is 0 Å². The molecule has 1 fully saturated rings. The second kappa shape index (κ2) is 9.20. The molecule has 37 heavy (non-hydrogen) atoms. The maximum atomic E-state index is 14.5. The van der Waals surface area contributed by atoms with Crippen LogP contribution in [0.15, 0.2) is 24.5 Å². The number of piperazine rings is 1. The summed E-state index contributed by atoms with van der Waals surface area (Å²) in [7, 11) is 0. The van der Waals surface area contributed by atoms with E-state index in [1.165, 1.54) is 6.07 Å². The molecule has 1 saturated heterocycles. The number of halogens is 1. The molecule has 196 valence electrons. The van der Waals surface area contributed by atoms with Gasteiger partial charge >= 0.3 is 12.1 Å². The lowest BCUT2D eigenvalue weighted by molar-refractivity contribution is 0.0240. The number of carbonyl (C=O) groups excluding carboxylic acids is 2. The van der Waals surface area contributed by atoms with E-state index in [0.717, 1.165) is 16.9 Å². The van der Waals surface area contributed by atoms with Crippen molar-refractivity contribution in [2.75, 3.05) is 47.8 Å². The van der Waals surface area contributed by atoms with E-state index in [2.05, 4.69) is 20.2 Å². The second-order valence-corrected chi connectivity index (χ2v) is 10.6. The first-order valence-corrected chi connectivity index (χ1v) is 12.5. The summed E-state index contributed by atoms with van der Waals surface area (Å²) in [5.74, 6) is 0.108. The zero-order valence-corrected chi connectivity index (χ0v) is 21.8. The van der Waals surface area contributed by atoms with Crippen molar-refractivity contribution in [2.45, 2.75) is 46.6 Å². The summed E-state index contributed by atoms with van der Waals surface area (Å²) in [5, 5.41) is 2.81. The van der Waals surface area contributed by atoms with Crippen LogP contribution in [0.25, 0.3) is 5.65 Å². The number of urea groups is 1. The fourth-order valence-corrected chi connectivity index (χ4v) is 4.83. The summed E-state index contributed by atoms with van der Waals surface area (Å²) >= 11 is 0. The van der Waals surface area contributed by atoms with Crippen molar-refractivity contribution in [1.82, 2.24) is 19.3 Å². The van der Waals surface area contributed by atoms with Gasteiger partial charge in [0.05, 0.1) is 11.4 Å². The third kappa shape index (κ3) is 5.03. The Balaban J connectivity index is 1.32. The van der Waals surface area contributed by atoms with E-state index in [4.69, 9.17) is 4.74 Å². The van der Waals surface area contributed by atoms with Crippen LogP contribution in [0, 0.1) is 19.7 Å². The summed E-state index contributed by atoms with van der Waals surface area (Å²) < 4.78 is 21.6. The summed E-state index contributed by atoms with van der Waals surface area (Å²) in [5.41, 5.74) is 3.54. The monoisotopic (exact) mass is 509 g/mol. The molecule has 3 aromatic heterocycles. The third-order valence-electron chi connectivity index (χ3n) is 6.44. The number of rotatable bonds is 2. The molecule has 3 aromatic rings. The highest BCUT2D eigenvalue weighted by molar-refractivity contribution is 6.03. The van der Waals surface area contributed by atoms with Crippen LogP contribution < -0.4 is 15.1 Å². The maximum Gasteiger partial charge on any atom is 0.410 e. The maximum absolute atomic E-state index is 14.5. The summed E-state index contributed by atoms with van der Waals surface area (Å²) in [6, 6.07) is 2.94. The molecule has 0 unspecified atom stereocenters. The van der Waals surface area contributed by atoms with Gasteiger partial charge in [-0.3, -0.25) is 4.90 Å². The number of ether oxygens (including phenoxy) is 1. The van der Waals surface area contributed by atoms with E-state index >= 15 is 0 Å². The fraction of sp³-hybridized carbons (Fsp3) is 0.462. The Bertz CT molecular complexity index is 1370. The molecule has 0 atom stereocenters. The highest BCUT2D eigenvalue weighted by Gasteiger charge is 2.32. The van der Waals surface area contributed by atoms with Crippen molar-refractivity contribution in [3.8, 4) is 0 Å². The van der Waals surface area contributed by atoms with Gasteiger partial charge < -0.3 is 24.3 Å². The van der Waals surface area contributed by atoms with Crippen LogP contribution in [0.5, 0.6) is 0 Å². The van der Waals surface area contributed by atoms with Gasteiger partial charge in [-0.25, -0.2) is 23.9 Å². The van der Waals surface area contributed by atoms with E-state index in [1.54, 1.807) is 33.5 Å². The quantitative estimate of drug-likeness (QED) is 0.558. The molecular formula is C26H32FN7O3. The van der Waals surface area contributed by atoms with Gasteiger partial charge in [-0.2, -0.15) is 0 Å². The van der Waals surface area contributed by atoms with Crippen molar-refractivity contribution in [1.29, 1.82) is 0 Å². The number of nitrogens with zero attached hydrogens (tertiary/aromatic N) is 6. The number of imidazole rings is 1. The minimum Gasteiger partial charge on any atom is -0.444 e. The molecule has 10 nitrogen and oxygen atoms in total. The number of pyridine rings is 2. The standard InChI is InChI=1S/C26H32FN7O3/c1-16-12-21(31-8-10-32(11-9-31)25(36)37-26(3,4)5)19-6-7-34(22(19)28-16)24(35)30-18-13-20(27)23-29-17(2)14-33(23)15-18/h12-15H,6-11H2,1-5H3,(H,30,35). The molecule has 0 aromatic carbocycles. The SMILES string of the molecule is Cc1cc(N2CCN(C(=O)OC(C)(C)C)CC2)c2c(n1)N(C(=O)Nc1cc(F)c3nc(C)cn3c1)CC2. The van der Waals surface area contributed by atoms with Gasteiger partial charge in [-0.1, -0.05) is 0 Å². The first kappa shape index (κ1) is 24.8. The Morgan fingerprint density at radius 3 is 2.43 bits per heavy atom. The van der Waals surface area contributed by atoms with Gasteiger partial charge in [0.25, 0.3) is 0 Å². The largest absolute Gasteiger partial charge is 0.444 e. The van der Waals surface area contributed by atoms with Crippen LogP contribution in [0.1, 0.15) is 37.7 Å². The van der Waals surface area contributed by atoms with Gasteiger partial charge in [0.15, 0.2) is 11.5 Å². The Morgan fingerprint density at radius 1 is 1.00 bits per heavy atom. The number of nitrogens with one attached hydrogen (secondary N) is 1. The number of aryl methyl sites for hydroxylation is 2. The van der Waals surface area contributed by atoms with Gasteiger partial charge in [-0.15, -0.1) is 0 Å². The van der Waals surface area contributed by atoms with Crippen LogP contribution in [0.3, 0.4) is 0 Å². The second-order valence-electron chi connectivity index (χ2n) is 10.6. The molecular weight excluding hydrogens is 477 g/mol. The molecule has 2 aliphatic rings. The van der Waals surface area contributed by atoms with Gasteiger partial charge in [-0.05, 0) is 47.1 Å². The lowest BCUT2D eigenvalue weighted by Gasteiger charge is -2.37. The van der Waals surface area contributed by atoms with Gasteiger partial charge in [0, 0.05) is 68.1 Å². The van der Waals surface area contributed by atoms with Crippen LogP contribution in [-0.4, -0.2) is 69.7 Å². The molecule has 3 amide bonds. The number of hydrogen-bond donors (Lipinski definition) is 1. The lowest BCUT2D eigenvalue weighted by atomic mass is 10.1. The topological polar surface area (TPSA) is 95.3 Å². The first-order chi connectivity index (χ1) is 17.5. The van der Waals surface area contributed by atoms with Crippen molar-refractivity contribution < 1.29 is 18.7 Å². The number of aromatic nitrogens is 3. The smallest absolute Gasteiger partial charge is 0.410 e. The zero-order chi connectivity index (χ0) is 26.5. The van der Waals surface area contributed by atoms with Crippen LogP contribution in [-0.2, 0) is 11.2 Å². The number of carbonyl (C=O) groups is 2. The minimum absolute atomic E-state index is 0.218. The predicted octanol–water partition coefficient (Wildman–Crippen LogP) is 4.14. The molecule has 0 saturated carbocycles. The molecule has 5 heterocycles. The Morgan fingerprint density at radius 2 is 1.73 bits per heavy atom. The Labute approximate surface area is 215 Å². The van der Waals surface area contributed by atoms with E-state index in [0.29, 0.717) is 56.3 Å². The number of hydrogen-bond acceptors (Lipinski definition) is 6. The number of amides is 3. The predicted molar refractivity (Wildman–Crippen MR) is 139 cm³/mol. The van der Waals surface area contributed by atoms with Crippen LogP contribution in [0.2, 0.25) is 0 Å².